The van der Waals surface area contributed by atoms with Gasteiger partial charge in [0.2, 0.25) is 0 Å². The van der Waals surface area contributed by atoms with E-state index in [-0.39, 0.29) is 5.69 Å². The molecule has 0 saturated carbocycles. The molecule has 0 fully saturated rings. The summed E-state index contributed by atoms with van der Waals surface area (Å²) >= 11 is 3.36. The fraction of sp³-hybridized carbons (Fsp3) is 0.200. The summed E-state index contributed by atoms with van der Waals surface area (Å²) in [6.07, 6.45) is 0. The van der Waals surface area contributed by atoms with Gasteiger partial charge in [-0.2, -0.15) is 0 Å². The van der Waals surface area contributed by atoms with Crippen molar-refractivity contribution >= 4 is 21.6 Å². The number of nitrogens with zero attached hydrogens (tertiary/aromatic N) is 1. The largest absolute Gasteiger partial charge is 0.496 e. The highest BCUT2D eigenvalue weighted by Crippen LogP contribution is 2.23. The van der Waals surface area contributed by atoms with Crippen molar-refractivity contribution in [3.8, 4) is 5.75 Å². The maximum atomic E-state index is 10.7. The molecule has 0 radical (unpaired) electrons. The number of hydrogen-bond acceptors (Lipinski definition) is 4. The van der Waals surface area contributed by atoms with E-state index >= 15 is 0 Å². The lowest BCUT2D eigenvalue weighted by molar-refractivity contribution is -0.384. The predicted molar refractivity (Wildman–Crippen MR) is 84.3 cm³/mol. The zero-order valence-corrected chi connectivity index (χ0v) is 13.1. The van der Waals surface area contributed by atoms with Crippen LogP contribution in [0.3, 0.4) is 0 Å². The van der Waals surface area contributed by atoms with E-state index < -0.39 is 4.92 Å². The number of nitro benzene ring substituents is 1. The molecule has 110 valence electrons. The van der Waals surface area contributed by atoms with Gasteiger partial charge in [-0.05, 0) is 17.7 Å². The summed E-state index contributed by atoms with van der Waals surface area (Å²) in [6, 6.07) is 12.6. The number of para-hydroxylation sites is 1. The van der Waals surface area contributed by atoms with E-state index in [1.54, 1.807) is 13.2 Å². The second kappa shape index (κ2) is 7.19. The van der Waals surface area contributed by atoms with Crippen molar-refractivity contribution in [2.45, 2.75) is 13.1 Å². The van der Waals surface area contributed by atoms with Crippen LogP contribution < -0.4 is 10.1 Å². The first-order valence-corrected chi connectivity index (χ1v) is 7.16. The van der Waals surface area contributed by atoms with Crippen LogP contribution in [0, 0.1) is 10.1 Å². The first-order valence-electron chi connectivity index (χ1n) is 6.37. The van der Waals surface area contributed by atoms with Crippen molar-refractivity contribution in [3.05, 3.63) is 68.2 Å². The molecule has 2 aromatic carbocycles. The average Bonchev–Trinajstić information content (AvgIpc) is 2.49. The van der Waals surface area contributed by atoms with Gasteiger partial charge >= 0.3 is 0 Å². The maximum Gasteiger partial charge on any atom is 0.270 e. The van der Waals surface area contributed by atoms with Crippen LogP contribution in [0.1, 0.15) is 11.1 Å². The zero-order chi connectivity index (χ0) is 15.2. The monoisotopic (exact) mass is 350 g/mol. The number of nitro groups is 1. The molecule has 0 aliphatic heterocycles. The Bertz CT molecular complexity index is 647. The molecule has 0 unspecified atom stereocenters. The summed E-state index contributed by atoms with van der Waals surface area (Å²) in [5.74, 6) is 0.841. The molecule has 2 rings (SSSR count). The van der Waals surface area contributed by atoms with Gasteiger partial charge < -0.3 is 10.1 Å². The molecule has 0 aliphatic carbocycles. The molecular weight excluding hydrogens is 336 g/mol. The Morgan fingerprint density at radius 3 is 2.57 bits per heavy atom. The summed E-state index contributed by atoms with van der Waals surface area (Å²) in [7, 11) is 1.64. The third-order valence-electron chi connectivity index (χ3n) is 3.07. The van der Waals surface area contributed by atoms with E-state index in [2.05, 4.69) is 21.2 Å². The number of ether oxygens (including phenoxy) is 1. The Kier molecular flexibility index (Phi) is 5.30. The second-order valence-corrected chi connectivity index (χ2v) is 5.30. The van der Waals surface area contributed by atoms with Crippen LogP contribution in [0.15, 0.2) is 46.9 Å². The van der Waals surface area contributed by atoms with E-state index in [1.807, 2.05) is 24.3 Å². The van der Waals surface area contributed by atoms with Crippen molar-refractivity contribution < 1.29 is 9.66 Å². The van der Waals surface area contributed by atoms with Gasteiger partial charge in [0.25, 0.3) is 5.69 Å². The molecule has 0 amide bonds. The molecule has 0 bridgehead atoms. The van der Waals surface area contributed by atoms with Crippen LogP contribution in [0.4, 0.5) is 5.69 Å². The van der Waals surface area contributed by atoms with Gasteiger partial charge in [0, 0.05) is 35.3 Å². The molecule has 0 spiro atoms. The Labute approximate surface area is 131 Å². The van der Waals surface area contributed by atoms with Gasteiger partial charge in [-0.25, -0.2) is 0 Å². The van der Waals surface area contributed by atoms with Crippen LogP contribution in [-0.2, 0) is 13.1 Å². The number of nitrogens with one attached hydrogen (secondary N) is 1. The van der Waals surface area contributed by atoms with Crippen molar-refractivity contribution in [2.24, 2.45) is 0 Å². The molecule has 0 heterocycles. The minimum absolute atomic E-state index is 0.0790. The third-order valence-corrected chi connectivity index (χ3v) is 3.81. The van der Waals surface area contributed by atoms with E-state index in [0.717, 1.165) is 21.3 Å². The predicted octanol–water partition coefficient (Wildman–Crippen LogP) is 3.66. The fourth-order valence-corrected chi connectivity index (χ4v) is 2.48. The normalized spacial score (nSPS) is 10.4. The van der Waals surface area contributed by atoms with Crippen LogP contribution >= 0.6 is 15.9 Å². The first-order chi connectivity index (χ1) is 10.1. The summed E-state index contributed by atoms with van der Waals surface area (Å²) in [5.41, 5.74) is 2.11. The van der Waals surface area contributed by atoms with Crippen LogP contribution in [0.5, 0.6) is 5.75 Å². The SMILES string of the molecule is COc1ccccc1CNCc1ccc([N+](=O)[O-])cc1Br. The summed E-state index contributed by atoms with van der Waals surface area (Å²) in [6.45, 7) is 1.27. The van der Waals surface area contributed by atoms with Gasteiger partial charge in [-0.1, -0.05) is 34.1 Å². The zero-order valence-electron chi connectivity index (χ0n) is 11.5. The Morgan fingerprint density at radius 1 is 1.19 bits per heavy atom. The molecule has 5 nitrogen and oxygen atoms in total. The lowest BCUT2D eigenvalue weighted by Gasteiger charge is -2.10. The number of halogens is 1. The number of rotatable bonds is 6. The van der Waals surface area contributed by atoms with Crippen molar-refractivity contribution in [3.63, 3.8) is 0 Å². The lowest BCUT2D eigenvalue weighted by atomic mass is 10.1. The summed E-state index contributed by atoms with van der Waals surface area (Å²) < 4.78 is 6.02. The maximum absolute atomic E-state index is 10.7. The van der Waals surface area contributed by atoms with E-state index in [9.17, 15) is 10.1 Å². The lowest BCUT2D eigenvalue weighted by Crippen LogP contribution is -2.13. The minimum Gasteiger partial charge on any atom is -0.496 e. The molecule has 0 atom stereocenters. The number of hydrogen-bond donors (Lipinski definition) is 1. The number of benzene rings is 2. The van der Waals surface area contributed by atoms with Gasteiger partial charge in [0.1, 0.15) is 5.75 Å². The highest BCUT2D eigenvalue weighted by atomic mass is 79.9. The molecule has 0 saturated heterocycles. The minimum atomic E-state index is -0.406. The molecule has 0 aromatic heterocycles. The average molecular weight is 351 g/mol. The van der Waals surface area contributed by atoms with Gasteiger partial charge in [0.05, 0.1) is 12.0 Å². The quantitative estimate of drug-likeness (QED) is 0.637. The first kappa shape index (κ1) is 15.5. The molecule has 0 aliphatic rings. The Balaban J connectivity index is 1.99. The van der Waals surface area contributed by atoms with Crippen molar-refractivity contribution in [1.29, 1.82) is 0 Å². The molecule has 2 aromatic rings. The number of non-ortho nitro benzene ring substituents is 1. The van der Waals surface area contributed by atoms with Crippen LogP contribution in [0.2, 0.25) is 0 Å². The molecular formula is C15H15BrN2O3. The van der Waals surface area contributed by atoms with Crippen LogP contribution in [0.25, 0.3) is 0 Å². The van der Waals surface area contributed by atoms with Gasteiger partial charge in [-0.15, -0.1) is 0 Å². The van der Waals surface area contributed by atoms with Gasteiger partial charge in [0.15, 0.2) is 0 Å². The molecule has 6 heteroatoms. The highest BCUT2D eigenvalue weighted by molar-refractivity contribution is 9.10. The van der Waals surface area contributed by atoms with Crippen molar-refractivity contribution in [1.82, 2.24) is 5.32 Å². The number of methoxy groups -OCH3 is 1. The topological polar surface area (TPSA) is 64.4 Å². The molecule has 1 N–H and O–H groups in total. The second-order valence-electron chi connectivity index (χ2n) is 4.45. The van der Waals surface area contributed by atoms with Gasteiger partial charge in [-0.3, -0.25) is 10.1 Å². The van der Waals surface area contributed by atoms with Crippen LogP contribution in [-0.4, -0.2) is 12.0 Å². The highest BCUT2D eigenvalue weighted by Gasteiger charge is 2.09. The van der Waals surface area contributed by atoms with E-state index in [0.29, 0.717) is 13.1 Å². The Hall–Kier alpha value is -1.92. The smallest absolute Gasteiger partial charge is 0.270 e. The summed E-state index contributed by atoms with van der Waals surface area (Å²) in [5, 5.41) is 14.0. The van der Waals surface area contributed by atoms with E-state index in [1.165, 1.54) is 12.1 Å². The standard InChI is InChI=1S/C15H15BrN2O3/c1-21-15-5-3-2-4-12(15)10-17-9-11-6-7-13(18(19)20)8-14(11)16/h2-8,17H,9-10H2,1H3. The fourth-order valence-electron chi connectivity index (χ4n) is 1.97. The summed E-state index contributed by atoms with van der Waals surface area (Å²) in [4.78, 5) is 10.3. The van der Waals surface area contributed by atoms with Crippen molar-refractivity contribution in [2.75, 3.05) is 7.11 Å². The third kappa shape index (κ3) is 4.03. The van der Waals surface area contributed by atoms with E-state index in [4.69, 9.17) is 4.74 Å². The Morgan fingerprint density at radius 2 is 1.90 bits per heavy atom. The molecule has 21 heavy (non-hydrogen) atoms.